The average molecular weight is 687 g/mol. The highest BCUT2D eigenvalue weighted by Gasteiger charge is 2.31. The molecular weight excluding hydrogens is 632 g/mol. The molecule has 50 heavy (non-hydrogen) atoms. The minimum absolute atomic E-state index is 0.0184. The van der Waals surface area contributed by atoms with Crippen molar-refractivity contribution < 1.29 is 29.0 Å². The van der Waals surface area contributed by atoms with Gasteiger partial charge in [-0.1, -0.05) is 62.6 Å². The average Bonchev–Trinajstić information content (AvgIpc) is 3.13. The van der Waals surface area contributed by atoms with Crippen LogP contribution in [0.25, 0.3) is 10.8 Å². The summed E-state index contributed by atoms with van der Waals surface area (Å²) in [7, 11) is 1.75. The number of carbonyl (C=O) groups is 3. The van der Waals surface area contributed by atoms with Crippen molar-refractivity contribution in [3.05, 3.63) is 66.2 Å². The number of carbonyl (C=O) groups excluding carboxylic acids is 3. The van der Waals surface area contributed by atoms with Crippen molar-refractivity contribution in [2.45, 2.75) is 90.4 Å². The number of rotatable bonds is 7. The van der Waals surface area contributed by atoms with Gasteiger partial charge in [-0.05, 0) is 75.6 Å². The van der Waals surface area contributed by atoms with Crippen LogP contribution in [0.4, 0.5) is 16.2 Å². The predicted octanol–water partition coefficient (Wildman–Crippen LogP) is 7.32. The fourth-order valence-corrected chi connectivity index (χ4v) is 6.97. The van der Waals surface area contributed by atoms with Crippen LogP contribution in [0.5, 0.6) is 5.75 Å². The summed E-state index contributed by atoms with van der Waals surface area (Å²) in [5.41, 5.74) is 1.62. The molecular formula is C40H54N4O6. The topological polar surface area (TPSA) is 120 Å². The molecule has 0 unspecified atom stereocenters. The van der Waals surface area contributed by atoms with E-state index >= 15 is 0 Å². The summed E-state index contributed by atoms with van der Waals surface area (Å²) in [6.45, 7) is 6.66. The molecule has 0 radical (unpaired) electrons. The second kappa shape index (κ2) is 17.7. The monoisotopic (exact) mass is 686 g/mol. The molecule has 2 aliphatic rings. The summed E-state index contributed by atoms with van der Waals surface area (Å²) >= 11 is 0. The minimum Gasteiger partial charge on any atom is -0.490 e. The first-order chi connectivity index (χ1) is 24.1. The molecule has 5 rings (SSSR count). The third-order valence-corrected chi connectivity index (χ3v) is 10.1. The van der Waals surface area contributed by atoms with Crippen molar-refractivity contribution in [3.8, 4) is 5.75 Å². The highest BCUT2D eigenvalue weighted by molar-refractivity contribution is 6.02. The van der Waals surface area contributed by atoms with Crippen LogP contribution in [-0.4, -0.2) is 84.4 Å². The number of urea groups is 1. The molecule has 1 heterocycles. The van der Waals surface area contributed by atoms with Gasteiger partial charge < -0.3 is 35.0 Å². The van der Waals surface area contributed by atoms with Crippen LogP contribution in [0.1, 0.15) is 82.5 Å². The SMILES string of the molecule is C[C@@H]1CCCCO[C@H](CN(C)C(=O)Nc2cccc3ccccc23)[C@@H](C)CN([C@@H](C)CO)C(=O)c2cc(NC(=O)C3CCCCC3)ccc2O1. The van der Waals surface area contributed by atoms with Crippen molar-refractivity contribution in [3.63, 3.8) is 0 Å². The number of nitrogens with one attached hydrogen (secondary N) is 2. The molecule has 1 fully saturated rings. The number of aliphatic hydroxyl groups excluding tert-OH is 1. The maximum absolute atomic E-state index is 14.5. The Kier molecular flexibility index (Phi) is 13.1. The van der Waals surface area contributed by atoms with Gasteiger partial charge in [0.2, 0.25) is 5.91 Å². The number of likely N-dealkylation sites (N-methyl/N-ethyl adjacent to an activating group) is 1. The number of anilines is 2. The first kappa shape index (κ1) is 37.1. The zero-order valence-electron chi connectivity index (χ0n) is 30.0. The zero-order valence-corrected chi connectivity index (χ0v) is 30.0. The third kappa shape index (κ3) is 9.54. The summed E-state index contributed by atoms with van der Waals surface area (Å²) in [6, 6.07) is 18.3. The number of amides is 4. The van der Waals surface area contributed by atoms with Crippen molar-refractivity contribution in [1.82, 2.24) is 9.80 Å². The van der Waals surface area contributed by atoms with Crippen LogP contribution in [0.3, 0.4) is 0 Å². The fraction of sp³-hybridized carbons (Fsp3) is 0.525. The Labute approximate surface area is 296 Å². The van der Waals surface area contributed by atoms with Gasteiger partial charge in [-0.15, -0.1) is 0 Å². The summed E-state index contributed by atoms with van der Waals surface area (Å²) < 4.78 is 12.8. The normalized spacial score (nSPS) is 21.7. The van der Waals surface area contributed by atoms with Crippen LogP contribution >= 0.6 is 0 Å². The molecule has 270 valence electrons. The van der Waals surface area contributed by atoms with Crippen molar-refractivity contribution in [2.75, 3.05) is 44.0 Å². The largest absolute Gasteiger partial charge is 0.490 e. The van der Waals surface area contributed by atoms with Gasteiger partial charge in [0.1, 0.15) is 5.75 Å². The van der Waals surface area contributed by atoms with Crippen molar-refractivity contribution in [1.29, 1.82) is 0 Å². The molecule has 1 aliphatic carbocycles. The highest BCUT2D eigenvalue weighted by atomic mass is 16.5. The summed E-state index contributed by atoms with van der Waals surface area (Å²) in [4.78, 5) is 44.3. The maximum atomic E-state index is 14.5. The highest BCUT2D eigenvalue weighted by Crippen LogP contribution is 2.30. The zero-order chi connectivity index (χ0) is 35.6. The molecule has 1 saturated carbocycles. The Hall–Kier alpha value is -4.15. The number of fused-ring (bicyclic) bond motifs is 2. The molecule has 3 aromatic carbocycles. The second-order valence-corrected chi connectivity index (χ2v) is 14.2. The van der Waals surface area contributed by atoms with E-state index in [2.05, 4.69) is 10.6 Å². The molecule has 10 nitrogen and oxygen atoms in total. The molecule has 3 N–H and O–H groups in total. The quantitative estimate of drug-likeness (QED) is 0.240. The van der Waals surface area contributed by atoms with E-state index in [9.17, 15) is 19.5 Å². The molecule has 1 aliphatic heterocycles. The van der Waals surface area contributed by atoms with E-state index in [1.807, 2.05) is 63.2 Å². The Bertz CT molecular complexity index is 1600. The van der Waals surface area contributed by atoms with Gasteiger partial charge >= 0.3 is 6.03 Å². The standard InChI is InChI=1S/C40H54N4O6/c1-27-24-44(28(2)26-45)39(47)34-23-32(41-38(46)31-15-6-5-7-16-31)20-21-36(34)50-29(3)13-10-11-22-49-37(27)25-43(4)40(48)42-35-19-12-17-30-14-8-9-18-33(30)35/h8-9,12,14,17-21,23,27-29,31,37,45H,5-7,10-11,13,15-16,22,24-26H2,1-4H3,(H,41,46)(H,42,48)/t27-,28-,29+,37+/m0/s1. The van der Waals surface area contributed by atoms with E-state index < -0.39 is 6.04 Å². The Morgan fingerprint density at radius 1 is 0.960 bits per heavy atom. The van der Waals surface area contributed by atoms with Gasteiger partial charge in [-0.2, -0.15) is 0 Å². The van der Waals surface area contributed by atoms with Crippen molar-refractivity contribution >= 4 is 40.0 Å². The van der Waals surface area contributed by atoms with E-state index in [1.54, 1.807) is 35.0 Å². The van der Waals surface area contributed by atoms with Crippen LogP contribution in [-0.2, 0) is 9.53 Å². The van der Waals surface area contributed by atoms with Crippen LogP contribution < -0.4 is 15.4 Å². The number of ether oxygens (including phenoxy) is 2. The Balaban J connectivity index is 1.37. The van der Waals surface area contributed by atoms with E-state index in [-0.39, 0.29) is 55.0 Å². The lowest BCUT2D eigenvalue weighted by Gasteiger charge is -2.36. The second-order valence-electron chi connectivity index (χ2n) is 14.2. The first-order valence-electron chi connectivity index (χ1n) is 18.3. The van der Waals surface area contributed by atoms with Gasteiger partial charge in [0.05, 0.1) is 36.1 Å². The van der Waals surface area contributed by atoms with E-state index in [1.165, 1.54) is 0 Å². The lowest BCUT2D eigenvalue weighted by molar-refractivity contribution is -0.120. The van der Waals surface area contributed by atoms with Gasteiger partial charge in [-0.25, -0.2) is 4.79 Å². The molecule has 0 spiro atoms. The number of benzene rings is 3. The Morgan fingerprint density at radius 2 is 1.70 bits per heavy atom. The molecule has 0 bridgehead atoms. The van der Waals surface area contributed by atoms with E-state index in [4.69, 9.17) is 9.47 Å². The molecule has 10 heteroatoms. The Morgan fingerprint density at radius 3 is 2.48 bits per heavy atom. The predicted molar refractivity (Wildman–Crippen MR) is 198 cm³/mol. The molecule has 4 atom stereocenters. The van der Waals surface area contributed by atoms with Gasteiger partial charge in [0.25, 0.3) is 5.91 Å². The summed E-state index contributed by atoms with van der Waals surface area (Å²) in [5, 5.41) is 18.4. The maximum Gasteiger partial charge on any atom is 0.321 e. The lowest BCUT2D eigenvalue weighted by Crippen LogP contribution is -2.48. The first-order valence-corrected chi connectivity index (χ1v) is 18.3. The molecule has 0 aromatic heterocycles. The van der Waals surface area contributed by atoms with Crippen LogP contribution in [0, 0.1) is 11.8 Å². The lowest BCUT2D eigenvalue weighted by atomic mass is 9.88. The van der Waals surface area contributed by atoms with Gasteiger partial charge in [0, 0.05) is 49.7 Å². The van der Waals surface area contributed by atoms with E-state index in [0.717, 1.165) is 67.8 Å². The number of hydrogen-bond donors (Lipinski definition) is 3. The minimum atomic E-state index is -0.503. The van der Waals surface area contributed by atoms with E-state index in [0.29, 0.717) is 30.2 Å². The third-order valence-electron chi connectivity index (χ3n) is 10.1. The van der Waals surface area contributed by atoms with Crippen LogP contribution in [0.15, 0.2) is 60.7 Å². The fourth-order valence-electron chi connectivity index (χ4n) is 6.97. The molecule has 4 amide bonds. The van der Waals surface area contributed by atoms with Crippen LogP contribution in [0.2, 0.25) is 0 Å². The summed E-state index contributed by atoms with van der Waals surface area (Å²) in [6.07, 6.45) is 6.92. The molecule has 0 saturated heterocycles. The van der Waals surface area contributed by atoms with Crippen molar-refractivity contribution in [2.24, 2.45) is 11.8 Å². The van der Waals surface area contributed by atoms with Gasteiger partial charge in [0.15, 0.2) is 0 Å². The smallest absolute Gasteiger partial charge is 0.321 e. The number of hydrogen-bond acceptors (Lipinski definition) is 6. The summed E-state index contributed by atoms with van der Waals surface area (Å²) in [5.74, 6) is -0.0838. The number of nitrogens with zero attached hydrogens (tertiary/aromatic N) is 2. The number of aliphatic hydroxyl groups is 1. The van der Waals surface area contributed by atoms with Gasteiger partial charge in [-0.3, -0.25) is 9.59 Å². The molecule has 3 aromatic rings.